The Balaban J connectivity index is 1.23. The van der Waals surface area contributed by atoms with Crippen LogP contribution in [0.1, 0.15) is 51.0 Å². The number of aryl methyl sites for hydroxylation is 1. The average molecular weight is 600 g/mol. The largest absolute Gasteiger partial charge is 0.382 e. The van der Waals surface area contributed by atoms with E-state index in [1.165, 1.54) is 0 Å². The molecule has 43 heavy (non-hydrogen) atoms. The number of anilines is 3. The minimum atomic E-state index is -0.150. The van der Waals surface area contributed by atoms with Gasteiger partial charge in [-0.2, -0.15) is 4.98 Å². The van der Waals surface area contributed by atoms with Gasteiger partial charge in [0, 0.05) is 77.6 Å². The van der Waals surface area contributed by atoms with Crippen molar-refractivity contribution in [1.29, 1.82) is 0 Å². The standard InChI is InChI=1S/C33H38ClN7O2/c1-3-41-31-24(19-36-33(39-31)38-26-9-7-25(8-10-26)37-27-12-14-35-15-13-27)17-29(32(41)43)28-11-6-22(18-30(28)34)23-5-4-16-40(20-23)21(2)42/h6-11,17-19,23,27,35,37H,3-5,12-16,20H2,1-2H3,(H,36,38,39). The SMILES string of the molecule is CCn1c(=O)c(-c2ccc(C3CCCN(C(C)=O)C3)cc2Cl)cc2cnc(Nc3ccc(NC4CCNCC4)cc3)nc21. The lowest BCUT2D eigenvalue weighted by Gasteiger charge is -2.32. The van der Waals surface area contributed by atoms with Crippen LogP contribution in [0.3, 0.4) is 0 Å². The maximum absolute atomic E-state index is 13.7. The van der Waals surface area contributed by atoms with Crippen molar-refractivity contribution < 1.29 is 4.79 Å². The summed E-state index contributed by atoms with van der Waals surface area (Å²) < 4.78 is 1.67. The number of halogens is 1. The predicted octanol–water partition coefficient (Wildman–Crippen LogP) is 5.77. The first kappa shape index (κ1) is 29.1. The molecule has 9 nitrogen and oxygen atoms in total. The number of carbonyl (C=O) groups excluding carboxylic acids is 1. The molecule has 2 aliphatic heterocycles. The van der Waals surface area contributed by atoms with E-state index < -0.39 is 0 Å². The van der Waals surface area contributed by atoms with Gasteiger partial charge in [0.25, 0.3) is 5.56 Å². The molecule has 0 bridgehead atoms. The third-order valence-electron chi connectivity index (χ3n) is 8.62. The highest BCUT2D eigenvalue weighted by atomic mass is 35.5. The molecule has 4 aromatic rings. The first-order valence-electron chi connectivity index (χ1n) is 15.2. The third-order valence-corrected chi connectivity index (χ3v) is 8.93. The zero-order valence-electron chi connectivity index (χ0n) is 24.7. The summed E-state index contributed by atoms with van der Waals surface area (Å²) in [6.45, 7) is 7.58. The van der Waals surface area contributed by atoms with Crippen LogP contribution in [0.2, 0.25) is 5.02 Å². The second-order valence-electron chi connectivity index (χ2n) is 11.5. The van der Waals surface area contributed by atoms with E-state index in [0.717, 1.165) is 67.6 Å². The van der Waals surface area contributed by atoms with Gasteiger partial charge in [-0.3, -0.25) is 14.2 Å². The summed E-state index contributed by atoms with van der Waals surface area (Å²) in [5.74, 6) is 0.757. The van der Waals surface area contributed by atoms with Crippen LogP contribution in [-0.2, 0) is 11.3 Å². The Hall–Kier alpha value is -3.95. The fourth-order valence-corrected chi connectivity index (χ4v) is 6.52. The molecule has 0 aliphatic carbocycles. The van der Waals surface area contributed by atoms with Crippen LogP contribution in [-0.4, -0.2) is 57.6 Å². The number of nitrogens with zero attached hydrogens (tertiary/aromatic N) is 4. The van der Waals surface area contributed by atoms with Crippen molar-refractivity contribution in [2.75, 3.05) is 36.8 Å². The van der Waals surface area contributed by atoms with Gasteiger partial charge in [-0.15, -0.1) is 0 Å². The Bertz CT molecular complexity index is 1680. The third kappa shape index (κ3) is 6.38. The van der Waals surface area contributed by atoms with E-state index in [1.54, 1.807) is 17.7 Å². The Labute approximate surface area is 256 Å². The van der Waals surface area contributed by atoms with Crippen molar-refractivity contribution in [3.05, 3.63) is 75.7 Å². The number of carbonyl (C=O) groups is 1. The Kier molecular flexibility index (Phi) is 8.63. The van der Waals surface area contributed by atoms with Gasteiger partial charge in [0.2, 0.25) is 11.9 Å². The Morgan fingerprint density at radius 3 is 2.53 bits per heavy atom. The van der Waals surface area contributed by atoms with Crippen molar-refractivity contribution in [3.8, 4) is 11.1 Å². The lowest BCUT2D eigenvalue weighted by molar-refractivity contribution is -0.130. The van der Waals surface area contributed by atoms with Crippen LogP contribution < -0.4 is 21.5 Å². The van der Waals surface area contributed by atoms with Crippen molar-refractivity contribution >= 4 is 45.9 Å². The number of piperidine rings is 2. The molecular formula is C33H38ClN7O2. The average Bonchev–Trinajstić information content (AvgIpc) is 3.02. The molecule has 2 aliphatic rings. The molecule has 1 atom stereocenters. The number of aromatic nitrogens is 3. The number of amides is 1. The normalized spacial score (nSPS) is 17.7. The topological polar surface area (TPSA) is 104 Å². The maximum atomic E-state index is 13.7. The monoisotopic (exact) mass is 599 g/mol. The van der Waals surface area contributed by atoms with E-state index in [0.29, 0.717) is 46.9 Å². The van der Waals surface area contributed by atoms with Gasteiger partial charge in [-0.1, -0.05) is 23.7 Å². The van der Waals surface area contributed by atoms with Crippen LogP contribution >= 0.6 is 11.6 Å². The van der Waals surface area contributed by atoms with Crippen LogP contribution in [0, 0.1) is 0 Å². The summed E-state index contributed by atoms with van der Waals surface area (Å²) in [7, 11) is 0. The molecule has 6 rings (SSSR count). The Morgan fingerprint density at radius 1 is 1.05 bits per heavy atom. The van der Waals surface area contributed by atoms with E-state index in [9.17, 15) is 9.59 Å². The number of pyridine rings is 1. The highest BCUT2D eigenvalue weighted by molar-refractivity contribution is 6.33. The van der Waals surface area contributed by atoms with Crippen molar-refractivity contribution in [2.24, 2.45) is 0 Å². The molecule has 0 saturated carbocycles. The molecule has 2 aromatic carbocycles. The molecule has 3 N–H and O–H groups in total. The van der Waals surface area contributed by atoms with E-state index in [1.807, 2.05) is 48.2 Å². The summed E-state index contributed by atoms with van der Waals surface area (Å²) in [5.41, 5.74) is 4.66. The van der Waals surface area contributed by atoms with Gasteiger partial charge in [-0.25, -0.2) is 4.98 Å². The fourth-order valence-electron chi connectivity index (χ4n) is 6.23. The predicted molar refractivity (Wildman–Crippen MR) is 173 cm³/mol. The van der Waals surface area contributed by atoms with Crippen LogP contribution in [0.15, 0.2) is 59.5 Å². The van der Waals surface area contributed by atoms with E-state index in [-0.39, 0.29) is 17.4 Å². The molecule has 1 amide bonds. The summed E-state index contributed by atoms with van der Waals surface area (Å²) in [6, 6.07) is 16.3. The first-order valence-corrected chi connectivity index (χ1v) is 15.6. The molecule has 1 unspecified atom stereocenters. The molecule has 2 saturated heterocycles. The van der Waals surface area contributed by atoms with Crippen LogP contribution in [0.5, 0.6) is 0 Å². The summed E-state index contributed by atoms with van der Waals surface area (Å²) in [6.07, 6.45) is 5.95. The molecule has 224 valence electrons. The van der Waals surface area contributed by atoms with Crippen LogP contribution in [0.25, 0.3) is 22.2 Å². The first-order chi connectivity index (χ1) is 20.9. The molecule has 0 radical (unpaired) electrons. The lowest BCUT2D eigenvalue weighted by atomic mass is 9.89. The van der Waals surface area contributed by atoms with Gasteiger partial charge < -0.3 is 20.9 Å². The molecular weight excluding hydrogens is 562 g/mol. The van der Waals surface area contributed by atoms with Crippen molar-refractivity contribution in [1.82, 2.24) is 24.8 Å². The van der Waals surface area contributed by atoms with Gasteiger partial charge in [0.15, 0.2) is 0 Å². The summed E-state index contributed by atoms with van der Waals surface area (Å²) in [5, 5.41) is 11.6. The fraction of sp³-hybridized carbons (Fsp3) is 0.394. The second kappa shape index (κ2) is 12.7. The van der Waals surface area contributed by atoms with E-state index in [2.05, 4.69) is 33.1 Å². The molecule has 4 heterocycles. The number of rotatable bonds is 7. The van der Waals surface area contributed by atoms with Crippen LogP contribution in [0.4, 0.5) is 17.3 Å². The lowest BCUT2D eigenvalue weighted by Crippen LogP contribution is -2.37. The number of hydrogen-bond donors (Lipinski definition) is 3. The van der Waals surface area contributed by atoms with Gasteiger partial charge in [-0.05, 0) is 87.7 Å². The van der Waals surface area contributed by atoms with Gasteiger partial charge >= 0.3 is 0 Å². The molecule has 2 aromatic heterocycles. The molecule has 10 heteroatoms. The summed E-state index contributed by atoms with van der Waals surface area (Å²) in [4.78, 5) is 36.8. The highest BCUT2D eigenvalue weighted by Gasteiger charge is 2.24. The molecule has 0 spiro atoms. The highest BCUT2D eigenvalue weighted by Crippen LogP contribution is 2.34. The number of hydrogen-bond acceptors (Lipinski definition) is 7. The quantitative estimate of drug-likeness (QED) is 0.248. The van der Waals surface area contributed by atoms with E-state index in [4.69, 9.17) is 16.6 Å². The minimum absolute atomic E-state index is 0.0995. The number of benzene rings is 2. The Morgan fingerprint density at radius 2 is 1.81 bits per heavy atom. The number of likely N-dealkylation sites (tertiary alicyclic amines) is 1. The summed E-state index contributed by atoms with van der Waals surface area (Å²) >= 11 is 6.80. The number of fused-ring (bicyclic) bond motifs is 1. The van der Waals surface area contributed by atoms with Gasteiger partial charge in [0.05, 0.1) is 0 Å². The number of nitrogens with one attached hydrogen (secondary N) is 3. The van der Waals surface area contributed by atoms with Crippen molar-refractivity contribution in [2.45, 2.75) is 58.0 Å². The van der Waals surface area contributed by atoms with Crippen molar-refractivity contribution in [3.63, 3.8) is 0 Å². The zero-order valence-corrected chi connectivity index (χ0v) is 25.5. The maximum Gasteiger partial charge on any atom is 0.260 e. The van der Waals surface area contributed by atoms with E-state index >= 15 is 0 Å². The van der Waals surface area contributed by atoms with Gasteiger partial charge in [0.1, 0.15) is 5.65 Å². The second-order valence-corrected chi connectivity index (χ2v) is 11.9. The minimum Gasteiger partial charge on any atom is -0.382 e. The molecule has 2 fully saturated rings. The zero-order chi connectivity index (χ0) is 29.9. The smallest absolute Gasteiger partial charge is 0.260 e.